The van der Waals surface area contributed by atoms with Crippen LogP contribution in [-0.2, 0) is 9.59 Å². The minimum atomic E-state index is -0.398. The average Bonchev–Trinajstić information content (AvgIpc) is 2.67. The predicted octanol–water partition coefficient (Wildman–Crippen LogP) is 2.67. The molecular weight excluding hydrogens is 352 g/mol. The van der Waals surface area contributed by atoms with E-state index in [1.807, 2.05) is 0 Å². The fourth-order valence-electron chi connectivity index (χ4n) is 3.11. The zero-order valence-corrected chi connectivity index (χ0v) is 15.1. The number of carbonyl (C=O) groups excluding carboxylic acids is 2. The Kier molecular flexibility index (Phi) is 5.69. The van der Waals surface area contributed by atoms with E-state index in [0.29, 0.717) is 31.9 Å². The third kappa shape index (κ3) is 4.61. The molecule has 3 rings (SSSR count). The lowest BCUT2D eigenvalue weighted by atomic mass is 10.2. The number of rotatable bonds is 4. The van der Waals surface area contributed by atoms with Crippen LogP contribution in [0.1, 0.15) is 6.92 Å². The Balaban J connectivity index is 1.60. The largest absolute Gasteiger partial charge is 0.368 e. The molecule has 0 spiro atoms. The van der Waals surface area contributed by atoms with Gasteiger partial charge in [0.25, 0.3) is 0 Å². The van der Waals surface area contributed by atoms with Gasteiger partial charge in [-0.25, -0.2) is 8.78 Å². The summed E-state index contributed by atoms with van der Waals surface area (Å²) in [7, 11) is 0. The molecule has 2 aromatic rings. The van der Waals surface area contributed by atoms with Crippen LogP contribution in [0, 0.1) is 11.6 Å². The first-order valence-electron chi connectivity index (χ1n) is 8.76. The predicted molar refractivity (Wildman–Crippen MR) is 99.6 cm³/mol. The van der Waals surface area contributed by atoms with Crippen molar-refractivity contribution in [2.75, 3.05) is 42.5 Å². The van der Waals surface area contributed by atoms with E-state index >= 15 is 0 Å². The van der Waals surface area contributed by atoms with Gasteiger partial charge in [0.2, 0.25) is 11.8 Å². The Hall–Kier alpha value is -2.96. The van der Waals surface area contributed by atoms with Crippen molar-refractivity contribution >= 4 is 23.2 Å². The number of nitrogens with zero attached hydrogens (tertiary/aromatic N) is 3. The Morgan fingerprint density at radius 2 is 1.41 bits per heavy atom. The zero-order chi connectivity index (χ0) is 19.4. The second-order valence-corrected chi connectivity index (χ2v) is 6.43. The average molecular weight is 373 g/mol. The molecule has 5 nitrogen and oxygen atoms in total. The summed E-state index contributed by atoms with van der Waals surface area (Å²) in [6, 6.07) is 11.8. The number of benzene rings is 2. The molecule has 7 heteroatoms. The fraction of sp³-hybridized carbons (Fsp3) is 0.300. The van der Waals surface area contributed by atoms with E-state index in [9.17, 15) is 18.4 Å². The number of halogens is 2. The molecule has 2 amide bonds. The van der Waals surface area contributed by atoms with Crippen molar-refractivity contribution in [2.24, 2.45) is 0 Å². The van der Waals surface area contributed by atoms with Gasteiger partial charge in [-0.05, 0) is 48.5 Å². The summed E-state index contributed by atoms with van der Waals surface area (Å²) in [5.74, 6) is -1.11. The summed E-state index contributed by atoms with van der Waals surface area (Å²) in [5.41, 5.74) is 1.40. The molecule has 0 N–H and O–H groups in total. The molecule has 1 aliphatic heterocycles. The highest BCUT2D eigenvalue weighted by atomic mass is 19.1. The van der Waals surface area contributed by atoms with Crippen LogP contribution in [0.2, 0.25) is 0 Å². The second-order valence-electron chi connectivity index (χ2n) is 6.43. The molecule has 27 heavy (non-hydrogen) atoms. The molecule has 1 fully saturated rings. The van der Waals surface area contributed by atoms with Gasteiger partial charge in [-0.15, -0.1) is 0 Å². The van der Waals surface area contributed by atoms with Gasteiger partial charge in [-0.3, -0.25) is 9.59 Å². The first-order chi connectivity index (χ1) is 12.9. The Bertz CT molecular complexity index is 801. The molecule has 0 unspecified atom stereocenters. The smallest absolute Gasteiger partial charge is 0.242 e. The summed E-state index contributed by atoms with van der Waals surface area (Å²) in [5, 5.41) is 0. The van der Waals surface area contributed by atoms with Crippen molar-refractivity contribution in [1.82, 2.24) is 4.90 Å². The molecule has 0 atom stereocenters. The minimum Gasteiger partial charge on any atom is -0.368 e. The van der Waals surface area contributed by atoms with E-state index in [4.69, 9.17) is 0 Å². The van der Waals surface area contributed by atoms with Gasteiger partial charge in [0.1, 0.15) is 18.2 Å². The number of piperazine rings is 1. The summed E-state index contributed by atoms with van der Waals surface area (Å²) in [6.07, 6.45) is 0. The summed E-state index contributed by atoms with van der Waals surface area (Å²) >= 11 is 0. The molecule has 2 aromatic carbocycles. The molecule has 0 saturated carbocycles. The minimum absolute atomic E-state index is 0.0858. The van der Waals surface area contributed by atoms with Gasteiger partial charge in [-0.2, -0.15) is 0 Å². The van der Waals surface area contributed by atoms with Crippen LogP contribution in [0.4, 0.5) is 20.2 Å². The van der Waals surface area contributed by atoms with Crippen molar-refractivity contribution < 1.29 is 18.4 Å². The molecule has 0 radical (unpaired) electrons. The van der Waals surface area contributed by atoms with Gasteiger partial charge in [0.05, 0.1) is 0 Å². The summed E-state index contributed by atoms with van der Waals surface area (Å²) in [4.78, 5) is 29.7. The lowest BCUT2D eigenvalue weighted by Gasteiger charge is -2.37. The Morgan fingerprint density at radius 3 is 1.93 bits per heavy atom. The standard InChI is InChI=1S/C20H21F2N3O2/c1-15(26)25(19-8-4-17(22)5-9-19)14-20(27)24-12-10-23(11-13-24)18-6-2-16(21)3-7-18/h2-9H,10-14H2,1H3. The van der Waals surface area contributed by atoms with E-state index in [1.165, 1.54) is 48.2 Å². The molecule has 1 heterocycles. The highest BCUT2D eigenvalue weighted by Crippen LogP contribution is 2.18. The van der Waals surface area contributed by atoms with Gasteiger partial charge < -0.3 is 14.7 Å². The van der Waals surface area contributed by atoms with Crippen LogP contribution in [-0.4, -0.2) is 49.4 Å². The van der Waals surface area contributed by atoms with Crippen molar-refractivity contribution in [1.29, 1.82) is 0 Å². The first kappa shape index (κ1) is 18.8. The van der Waals surface area contributed by atoms with E-state index in [-0.39, 0.29) is 24.2 Å². The highest BCUT2D eigenvalue weighted by molar-refractivity contribution is 5.97. The topological polar surface area (TPSA) is 43.9 Å². The van der Waals surface area contributed by atoms with E-state index in [1.54, 1.807) is 17.0 Å². The quantitative estimate of drug-likeness (QED) is 0.828. The van der Waals surface area contributed by atoms with Gasteiger partial charge in [-0.1, -0.05) is 0 Å². The molecule has 0 aliphatic carbocycles. The van der Waals surface area contributed by atoms with E-state index < -0.39 is 5.82 Å². The number of anilines is 2. The highest BCUT2D eigenvalue weighted by Gasteiger charge is 2.24. The zero-order valence-electron chi connectivity index (χ0n) is 15.1. The number of carbonyl (C=O) groups is 2. The van der Waals surface area contributed by atoms with Gasteiger partial charge in [0.15, 0.2) is 0 Å². The maximum atomic E-state index is 13.1. The third-order valence-corrected chi connectivity index (χ3v) is 4.64. The molecule has 1 aliphatic rings. The van der Waals surface area contributed by atoms with Crippen LogP contribution in [0.25, 0.3) is 0 Å². The van der Waals surface area contributed by atoms with Gasteiger partial charge in [0, 0.05) is 44.5 Å². The third-order valence-electron chi connectivity index (χ3n) is 4.64. The maximum Gasteiger partial charge on any atom is 0.242 e. The Labute approximate surface area is 156 Å². The van der Waals surface area contributed by atoms with Crippen LogP contribution in [0.15, 0.2) is 48.5 Å². The van der Waals surface area contributed by atoms with Crippen molar-refractivity contribution in [3.8, 4) is 0 Å². The van der Waals surface area contributed by atoms with Gasteiger partial charge >= 0.3 is 0 Å². The maximum absolute atomic E-state index is 13.1. The van der Waals surface area contributed by atoms with E-state index in [0.717, 1.165) is 5.69 Å². The van der Waals surface area contributed by atoms with Crippen LogP contribution in [0.3, 0.4) is 0 Å². The molecule has 1 saturated heterocycles. The number of hydrogen-bond donors (Lipinski definition) is 0. The normalized spacial score (nSPS) is 14.2. The molecular formula is C20H21F2N3O2. The molecule has 142 valence electrons. The fourth-order valence-corrected chi connectivity index (χ4v) is 3.11. The lowest BCUT2D eigenvalue weighted by molar-refractivity contribution is -0.131. The molecule has 0 bridgehead atoms. The number of hydrogen-bond acceptors (Lipinski definition) is 3. The Morgan fingerprint density at radius 1 is 0.889 bits per heavy atom. The second kappa shape index (κ2) is 8.16. The van der Waals surface area contributed by atoms with Crippen molar-refractivity contribution in [3.05, 3.63) is 60.2 Å². The summed E-state index contributed by atoms with van der Waals surface area (Å²) in [6.45, 7) is 3.60. The monoisotopic (exact) mass is 373 g/mol. The van der Waals surface area contributed by atoms with Crippen LogP contribution in [0.5, 0.6) is 0 Å². The SMILES string of the molecule is CC(=O)N(CC(=O)N1CCN(c2ccc(F)cc2)CC1)c1ccc(F)cc1. The van der Waals surface area contributed by atoms with Crippen molar-refractivity contribution in [2.45, 2.75) is 6.92 Å². The van der Waals surface area contributed by atoms with Crippen molar-refractivity contribution in [3.63, 3.8) is 0 Å². The first-order valence-corrected chi connectivity index (χ1v) is 8.76. The lowest BCUT2D eigenvalue weighted by Crippen LogP contribution is -2.51. The molecule has 0 aromatic heterocycles. The number of amides is 2. The van der Waals surface area contributed by atoms with Crippen LogP contribution >= 0.6 is 0 Å². The summed E-state index contributed by atoms with van der Waals surface area (Å²) < 4.78 is 26.1. The van der Waals surface area contributed by atoms with Crippen LogP contribution < -0.4 is 9.80 Å². The van der Waals surface area contributed by atoms with E-state index in [2.05, 4.69) is 4.90 Å².